The van der Waals surface area contributed by atoms with Gasteiger partial charge in [0, 0.05) is 18.9 Å². The molecule has 0 N–H and O–H groups in total. The van der Waals surface area contributed by atoms with Gasteiger partial charge >= 0.3 is 0 Å². The fourth-order valence-corrected chi connectivity index (χ4v) is 4.33. The lowest BCUT2D eigenvalue weighted by Gasteiger charge is -2.28. The molecule has 0 unspecified atom stereocenters. The predicted molar refractivity (Wildman–Crippen MR) is 116 cm³/mol. The van der Waals surface area contributed by atoms with Gasteiger partial charge in [0.15, 0.2) is 0 Å². The second-order valence-electron chi connectivity index (χ2n) is 7.60. The van der Waals surface area contributed by atoms with E-state index in [1.165, 1.54) is 16.7 Å². The molecule has 0 spiro atoms. The van der Waals surface area contributed by atoms with E-state index >= 15 is 0 Å². The molecule has 3 aromatic rings. The van der Waals surface area contributed by atoms with Crippen LogP contribution in [-0.2, 0) is 4.79 Å². The molecule has 0 aromatic heterocycles. The van der Waals surface area contributed by atoms with E-state index in [0.717, 1.165) is 25.1 Å². The number of hydrogen-bond acceptors (Lipinski definition) is 2. The number of benzene rings is 3. The first kappa shape index (κ1) is 19.3. The topological polar surface area (TPSA) is 29.5 Å². The summed E-state index contributed by atoms with van der Waals surface area (Å²) in [6.45, 7) is 0.825. The van der Waals surface area contributed by atoms with Gasteiger partial charge in [-0.3, -0.25) is 4.79 Å². The molecule has 1 amide bonds. The summed E-state index contributed by atoms with van der Waals surface area (Å²) in [6, 6.07) is 29.0. The minimum atomic E-state index is 0.0713. The van der Waals surface area contributed by atoms with E-state index in [9.17, 15) is 4.79 Å². The van der Waals surface area contributed by atoms with E-state index in [2.05, 4.69) is 41.3 Å². The minimum Gasteiger partial charge on any atom is -0.497 e. The van der Waals surface area contributed by atoms with Crippen molar-refractivity contribution in [2.75, 3.05) is 13.7 Å². The molecular formula is C26H27NO2. The zero-order chi connectivity index (χ0) is 20.1. The number of amides is 1. The molecule has 3 heteroatoms. The molecule has 148 valence electrons. The van der Waals surface area contributed by atoms with Crippen molar-refractivity contribution in [1.82, 2.24) is 4.90 Å². The van der Waals surface area contributed by atoms with Gasteiger partial charge in [0.2, 0.25) is 5.91 Å². The molecule has 29 heavy (non-hydrogen) atoms. The second-order valence-corrected chi connectivity index (χ2v) is 7.60. The standard InChI is InChI=1S/C26H27NO2/c1-29-23-16-14-22(15-17-23)25-13-8-18-27(25)26(28)19-24(20-9-4-2-5-10-20)21-11-6-3-7-12-21/h2-7,9-12,14-17,24-25H,8,13,18-19H2,1H3/t25-/m1/s1. The molecule has 0 radical (unpaired) electrons. The number of carbonyl (C=O) groups is 1. The molecular weight excluding hydrogens is 358 g/mol. The van der Waals surface area contributed by atoms with Gasteiger partial charge in [0.25, 0.3) is 0 Å². The molecule has 0 aliphatic carbocycles. The van der Waals surface area contributed by atoms with Crippen molar-refractivity contribution in [3.63, 3.8) is 0 Å². The average Bonchev–Trinajstić information content (AvgIpc) is 3.29. The van der Waals surface area contributed by atoms with Crippen LogP contribution in [0.1, 0.15) is 47.9 Å². The van der Waals surface area contributed by atoms with Crippen LogP contribution >= 0.6 is 0 Å². The third-order valence-corrected chi connectivity index (χ3v) is 5.86. The Labute approximate surface area is 172 Å². The first-order valence-corrected chi connectivity index (χ1v) is 10.3. The first-order valence-electron chi connectivity index (χ1n) is 10.3. The third kappa shape index (κ3) is 4.34. The van der Waals surface area contributed by atoms with Gasteiger partial charge in [-0.1, -0.05) is 72.8 Å². The monoisotopic (exact) mass is 385 g/mol. The van der Waals surface area contributed by atoms with Crippen molar-refractivity contribution < 1.29 is 9.53 Å². The summed E-state index contributed by atoms with van der Waals surface area (Å²) in [5.74, 6) is 1.14. The highest BCUT2D eigenvalue weighted by molar-refractivity contribution is 5.78. The van der Waals surface area contributed by atoms with Crippen molar-refractivity contribution in [3.05, 3.63) is 102 Å². The molecule has 1 atom stereocenters. The Morgan fingerprint density at radius 3 is 2.07 bits per heavy atom. The van der Waals surface area contributed by atoms with Gasteiger partial charge in [-0.2, -0.15) is 0 Å². The minimum absolute atomic E-state index is 0.0713. The Balaban J connectivity index is 1.56. The van der Waals surface area contributed by atoms with E-state index in [0.29, 0.717) is 6.42 Å². The van der Waals surface area contributed by atoms with Gasteiger partial charge in [-0.25, -0.2) is 0 Å². The van der Waals surface area contributed by atoms with Crippen LogP contribution < -0.4 is 4.74 Å². The molecule has 4 rings (SSSR count). The summed E-state index contributed by atoms with van der Waals surface area (Å²) in [7, 11) is 1.67. The lowest BCUT2D eigenvalue weighted by molar-refractivity contribution is -0.132. The molecule has 0 bridgehead atoms. The lowest BCUT2D eigenvalue weighted by atomic mass is 9.88. The fourth-order valence-electron chi connectivity index (χ4n) is 4.33. The van der Waals surface area contributed by atoms with E-state index < -0.39 is 0 Å². The van der Waals surface area contributed by atoms with Gasteiger partial charge in [-0.15, -0.1) is 0 Å². The van der Waals surface area contributed by atoms with Gasteiger partial charge in [0.05, 0.1) is 13.2 Å². The highest BCUT2D eigenvalue weighted by Gasteiger charge is 2.31. The molecule has 3 aromatic carbocycles. The predicted octanol–water partition coefficient (Wildman–Crippen LogP) is 5.58. The van der Waals surface area contributed by atoms with Gasteiger partial charge < -0.3 is 9.64 Å². The van der Waals surface area contributed by atoms with Crippen LogP contribution in [0.5, 0.6) is 5.75 Å². The summed E-state index contributed by atoms with van der Waals surface area (Å²) < 4.78 is 5.28. The van der Waals surface area contributed by atoms with Crippen LogP contribution in [0.15, 0.2) is 84.9 Å². The van der Waals surface area contributed by atoms with Crippen LogP contribution in [0.3, 0.4) is 0 Å². The van der Waals surface area contributed by atoms with Crippen molar-refractivity contribution in [2.45, 2.75) is 31.2 Å². The maximum absolute atomic E-state index is 13.4. The third-order valence-electron chi connectivity index (χ3n) is 5.86. The number of carbonyl (C=O) groups excluding carboxylic acids is 1. The average molecular weight is 386 g/mol. The maximum atomic E-state index is 13.4. The zero-order valence-corrected chi connectivity index (χ0v) is 16.8. The number of methoxy groups -OCH3 is 1. The summed E-state index contributed by atoms with van der Waals surface area (Å²) in [5, 5.41) is 0. The largest absolute Gasteiger partial charge is 0.497 e. The summed E-state index contributed by atoms with van der Waals surface area (Å²) in [6.07, 6.45) is 2.55. The summed E-state index contributed by atoms with van der Waals surface area (Å²) in [4.78, 5) is 15.5. The summed E-state index contributed by atoms with van der Waals surface area (Å²) in [5.41, 5.74) is 3.56. The van der Waals surface area contributed by atoms with Crippen molar-refractivity contribution in [1.29, 1.82) is 0 Å². The molecule has 1 aliphatic heterocycles. The SMILES string of the molecule is COc1ccc([C@H]2CCCN2C(=O)CC(c2ccccc2)c2ccccc2)cc1. The van der Waals surface area contributed by atoms with Gasteiger partial charge in [-0.05, 0) is 41.7 Å². The van der Waals surface area contributed by atoms with Crippen molar-refractivity contribution in [3.8, 4) is 5.75 Å². The van der Waals surface area contributed by atoms with E-state index in [-0.39, 0.29) is 17.9 Å². The van der Waals surface area contributed by atoms with Crippen LogP contribution in [0.2, 0.25) is 0 Å². The quantitative estimate of drug-likeness (QED) is 0.554. The smallest absolute Gasteiger partial charge is 0.224 e. The molecule has 3 nitrogen and oxygen atoms in total. The Hall–Kier alpha value is -3.07. The van der Waals surface area contributed by atoms with Crippen LogP contribution in [0, 0.1) is 0 Å². The molecule has 1 fully saturated rings. The Kier molecular flexibility index (Phi) is 5.95. The van der Waals surface area contributed by atoms with Crippen LogP contribution in [0.4, 0.5) is 0 Å². The zero-order valence-electron chi connectivity index (χ0n) is 16.8. The Bertz CT molecular complexity index is 882. The van der Waals surface area contributed by atoms with Crippen molar-refractivity contribution >= 4 is 5.91 Å². The number of likely N-dealkylation sites (tertiary alicyclic amines) is 1. The van der Waals surface area contributed by atoms with E-state index in [4.69, 9.17) is 4.74 Å². The molecule has 1 heterocycles. The fraction of sp³-hybridized carbons (Fsp3) is 0.269. The molecule has 0 saturated carbocycles. The first-order chi connectivity index (χ1) is 14.3. The van der Waals surface area contributed by atoms with Crippen molar-refractivity contribution in [2.24, 2.45) is 0 Å². The highest BCUT2D eigenvalue weighted by atomic mass is 16.5. The molecule has 1 aliphatic rings. The summed E-state index contributed by atoms with van der Waals surface area (Å²) >= 11 is 0. The second kappa shape index (κ2) is 8.95. The van der Waals surface area contributed by atoms with E-state index in [1.54, 1.807) is 7.11 Å². The van der Waals surface area contributed by atoms with Crippen LogP contribution in [-0.4, -0.2) is 24.5 Å². The normalized spacial score (nSPS) is 16.2. The van der Waals surface area contributed by atoms with E-state index in [1.807, 2.05) is 48.5 Å². The van der Waals surface area contributed by atoms with Gasteiger partial charge in [0.1, 0.15) is 5.75 Å². The Morgan fingerprint density at radius 1 is 0.931 bits per heavy atom. The highest BCUT2D eigenvalue weighted by Crippen LogP contribution is 2.36. The van der Waals surface area contributed by atoms with Crippen LogP contribution in [0.25, 0.3) is 0 Å². The Morgan fingerprint density at radius 2 is 1.52 bits per heavy atom. The molecule has 1 saturated heterocycles. The number of rotatable bonds is 6. The number of ether oxygens (including phenoxy) is 1. The maximum Gasteiger partial charge on any atom is 0.224 e. The number of nitrogens with zero attached hydrogens (tertiary/aromatic N) is 1. The number of hydrogen-bond donors (Lipinski definition) is 0. The lowest BCUT2D eigenvalue weighted by Crippen LogP contribution is -2.31.